The molecule has 1 amide bonds. The summed E-state index contributed by atoms with van der Waals surface area (Å²) in [5.41, 5.74) is 1.99. The Labute approximate surface area is 169 Å². The van der Waals surface area contributed by atoms with Crippen molar-refractivity contribution >= 4 is 36.4 Å². The summed E-state index contributed by atoms with van der Waals surface area (Å²) < 4.78 is 0. The molecule has 2 aromatic carbocycles. The molecule has 26 heavy (non-hydrogen) atoms. The maximum absolute atomic E-state index is 12.0. The molecule has 1 unspecified atom stereocenters. The quantitative estimate of drug-likeness (QED) is 0.625. The standard InChI is InChI=1S/C20H27N3O.2ClH/c1-16(17-10-6-4-7-11-17)23-20(2,3)15-22-19(24)14-21-18-12-8-5-9-13-18;;/h4-13,16,21,23H,14-15H2,1-3H3,(H,22,24);2*1H. The van der Waals surface area contributed by atoms with Gasteiger partial charge in [0.1, 0.15) is 0 Å². The van der Waals surface area contributed by atoms with Crippen molar-refractivity contribution in [3.05, 3.63) is 66.2 Å². The lowest BCUT2D eigenvalue weighted by Gasteiger charge is -2.31. The fourth-order valence-electron chi connectivity index (χ4n) is 2.58. The van der Waals surface area contributed by atoms with Gasteiger partial charge in [0, 0.05) is 23.8 Å². The number of anilines is 1. The van der Waals surface area contributed by atoms with Gasteiger partial charge in [-0.25, -0.2) is 0 Å². The van der Waals surface area contributed by atoms with Gasteiger partial charge in [-0.15, -0.1) is 24.8 Å². The van der Waals surface area contributed by atoms with E-state index in [0.717, 1.165) is 5.69 Å². The van der Waals surface area contributed by atoms with Crippen LogP contribution in [0.1, 0.15) is 32.4 Å². The van der Waals surface area contributed by atoms with Gasteiger partial charge < -0.3 is 16.0 Å². The molecule has 3 N–H and O–H groups in total. The lowest BCUT2D eigenvalue weighted by molar-refractivity contribution is -0.119. The van der Waals surface area contributed by atoms with Crippen LogP contribution >= 0.6 is 24.8 Å². The van der Waals surface area contributed by atoms with Crippen LogP contribution in [0.5, 0.6) is 0 Å². The first-order valence-electron chi connectivity index (χ1n) is 8.34. The van der Waals surface area contributed by atoms with Crippen LogP contribution in [0.25, 0.3) is 0 Å². The Bertz CT molecular complexity index is 636. The largest absolute Gasteiger partial charge is 0.376 e. The van der Waals surface area contributed by atoms with E-state index >= 15 is 0 Å². The molecule has 4 nitrogen and oxygen atoms in total. The summed E-state index contributed by atoms with van der Waals surface area (Å²) in [6, 6.07) is 20.3. The number of hydrogen-bond donors (Lipinski definition) is 3. The summed E-state index contributed by atoms with van der Waals surface area (Å²) in [5.74, 6) is -0.0129. The summed E-state index contributed by atoms with van der Waals surface area (Å²) >= 11 is 0. The van der Waals surface area contributed by atoms with Crippen LogP contribution in [-0.4, -0.2) is 24.5 Å². The van der Waals surface area contributed by atoms with E-state index in [1.54, 1.807) is 0 Å². The molecule has 0 aromatic heterocycles. The zero-order valence-corrected chi connectivity index (χ0v) is 17.1. The van der Waals surface area contributed by atoms with Crippen LogP contribution in [-0.2, 0) is 4.79 Å². The number of nitrogens with one attached hydrogen (secondary N) is 3. The molecule has 2 aromatic rings. The lowest BCUT2D eigenvalue weighted by atomic mass is 10.0. The van der Waals surface area contributed by atoms with Crippen molar-refractivity contribution in [2.45, 2.75) is 32.4 Å². The highest BCUT2D eigenvalue weighted by atomic mass is 35.5. The Hall–Kier alpha value is -1.75. The fourth-order valence-corrected chi connectivity index (χ4v) is 2.58. The molecule has 0 aliphatic rings. The lowest BCUT2D eigenvalue weighted by Crippen LogP contribution is -2.50. The second-order valence-electron chi connectivity index (χ2n) is 6.66. The van der Waals surface area contributed by atoms with Gasteiger partial charge in [0.25, 0.3) is 0 Å². The molecular formula is C20H29Cl2N3O. The van der Waals surface area contributed by atoms with E-state index < -0.39 is 0 Å². The third-order valence-corrected chi connectivity index (χ3v) is 3.86. The summed E-state index contributed by atoms with van der Waals surface area (Å²) in [6.07, 6.45) is 0. The normalized spacial score (nSPS) is 11.5. The molecule has 0 aliphatic heterocycles. The molecule has 144 valence electrons. The smallest absolute Gasteiger partial charge is 0.239 e. The predicted molar refractivity (Wildman–Crippen MR) is 115 cm³/mol. The molecule has 0 saturated heterocycles. The summed E-state index contributed by atoms with van der Waals surface area (Å²) in [7, 11) is 0. The number of rotatable bonds is 8. The number of benzene rings is 2. The van der Waals surface area contributed by atoms with Crippen LogP contribution in [0.3, 0.4) is 0 Å². The second kappa shape index (κ2) is 11.8. The van der Waals surface area contributed by atoms with Crippen molar-refractivity contribution in [1.82, 2.24) is 10.6 Å². The SMILES string of the molecule is CC(NC(C)(C)CNC(=O)CNc1ccccc1)c1ccccc1.Cl.Cl. The molecule has 6 heteroatoms. The van der Waals surface area contributed by atoms with E-state index in [9.17, 15) is 4.79 Å². The highest BCUT2D eigenvalue weighted by Gasteiger charge is 2.21. The number of carbonyl (C=O) groups excluding carboxylic acids is 1. The fraction of sp³-hybridized carbons (Fsp3) is 0.350. The Morgan fingerprint density at radius 1 is 0.962 bits per heavy atom. The molecule has 0 bridgehead atoms. The molecule has 0 heterocycles. The number of para-hydroxylation sites is 1. The van der Waals surface area contributed by atoms with Crippen LogP contribution < -0.4 is 16.0 Å². The third-order valence-electron chi connectivity index (χ3n) is 3.86. The van der Waals surface area contributed by atoms with Crippen molar-refractivity contribution < 1.29 is 4.79 Å². The van der Waals surface area contributed by atoms with Crippen molar-refractivity contribution in [1.29, 1.82) is 0 Å². The highest BCUT2D eigenvalue weighted by Crippen LogP contribution is 2.15. The average molecular weight is 398 g/mol. The average Bonchev–Trinajstić information content (AvgIpc) is 2.59. The molecule has 0 aliphatic carbocycles. The Kier molecular flexibility index (Phi) is 11.0. The minimum Gasteiger partial charge on any atom is -0.376 e. The number of carbonyl (C=O) groups is 1. The predicted octanol–water partition coefficient (Wildman–Crippen LogP) is 4.19. The van der Waals surface area contributed by atoms with Gasteiger partial charge in [0.15, 0.2) is 0 Å². The van der Waals surface area contributed by atoms with E-state index in [0.29, 0.717) is 6.54 Å². The monoisotopic (exact) mass is 397 g/mol. The zero-order valence-electron chi connectivity index (χ0n) is 15.5. The summed E-state index contributed by atoms with van der Waals surface area (Å²) in [4.78, 5) is 12.0. The minimum absolute atomic E-state index is 0. The third kappa shape index (κ3) is 8.56. The van der Waals surface area contributed by atoms with Gasteiger partial charge in [0.05, 0.1) is 6.54 Å². The van der Waals surface area contributed by atoms with Gasteiger partial charge in [-0.1, -0.05) is 48.5 Å². The van der Waals surface area contributed by atoms with Gasteiger partial charge in [-0.05, 0) is 38.5 Å². The highest BCUT2D eigenvalue weighted by molar-refractivity contribution is 5.85. The maximum atomic E-state index is 12.0. The first-order valence-corrected chi connectivity index (χ1v) is 8.34. The number of amides is 1. The van der Waals surface area contributed by atoms with Crippen LogP contribution in [0, 0.1) is 0 Å². The topological polar surface area (TPSA) is 53.2 Å². The maximum Gasteiger partial charge on any atom is 0.239 e. The van der Waals surface area contributed by atoms with Crippen LogP contribution in [0.2, 0.25) is 0 Å². The first-order chi connectivity index (χ1) is 11.5. The van der Waals surface area contributed by atoms with E-state index in [-0.39, 0.29) is 48.8 Å². The van der Waals surface area contributed by atoms with Crippen molar-refractivity contribution in [2.24, 2.45) is 0 Å². The van der Waals surface area contributed by atoms with Crippen molar-refractivity contribution in [3.8, 4) is 0 Å². The summed E-state index contributed by atoms with van der Waals surface area (Å²) in [5, 5.41) is 9.67. The molecule has 0 spiro atoms. The van der Waals surface area contributed by atoms with Gasteiger partial charge in [-0.3, -0.25) is 4.79 Å². The first kappa shape index (κ1) is 24.2. The molecule has 0 fully saturated rings. The summed E-state index contributed by atoms with van der Waals surface area (Å²) in [6.45, 7) is 7.17. The van der Waals surface area contributed by atoms with Crippen molar-refractivity contribution in [3.63, 3.8) is 0 Å². The van der Waals surface area contributed by atoms with Gasteiger partial charge in [0.2, 0.25) is 5.91 Å². The van der Waals surface area contributed by atoms with Crippen LogP contribution in [0.4, 0.5) is 5.69 Å². The van der Waals surface area contributed by atoms with Crippen LogP contribution in [0.15, 0.2) is 60.7 Å². The number of hydrogen-bond acceptors (Lipinski definition) is 3. The van der Waals surface area contributed by atoms with E-state index in [4.69, 9.17) is 0 Å². The Balaban J connectivity index is 0.00000312. The minimum atomic E-state index is -0.197. The molecule has 0 saturated carbocycles. The van der Waals surface area contributed by atoms with E-state index in [1.165, 1.54) is 5.56 Å². The van der Waals surface area contributed by atoms with E-state index in [1.807, 2.05) is 48.5 Å². The van der Waals surface area contributed by atoms with Gasteiger partial charge in [-0.2, -0.15) is 0 Å². The number of halogens is 2. The molecule has 2 rings (SSSR count). The Morgan fingerprint density at radius 2 is 1.50 bits per heavy atom. The molecule has 0 radical (unpaired) electrons. The second-order valence-corrected chi connectivity index (χ2v) is 6.66. The Morgan fingerprint density at radius 3 is 2.08 bits per heavy atom. The van der Waals surface area contributed by atoms with Crippen molar-refractivity contribution in [2.75, 3.05) is 18.4 Å². The van der Waals surface area contributed by atoms with E-state index in [2.05, 4.69) is 48.9 Å². The molecular weight excluding hydrogens is 369 g/mol. The molecule has 1 atom stereocenters. The van der Waals surface area contributed by atoms with Gasteiger partial charge >= 0.3 is 0 Å². The zero-order chi connectivity index (χ0) is 17.4.